The highest BCUT2D eigenvalue weighted by Gasteiger charge is 2.10. The monoisotopic (exact) mass is 378 g/mol. The van der Waals surface area contributed by atoms with Crippen LogP contribution in [0.1, 0.15) is 9.88 Å². The van der Waals surface area contributed by atoms with Gasteiger partial charge in [-0.15, -0.1) is 11.3 Å². The molecule has 0 aliphatic heterocycles. The lowest BCUT2D eigenvalue weighted by Gasteiger charge is -2.07. The maximum atomic E-state index is 13.8. The lowest BCUT2D eigenvalue weighted by atomic mass is 10.1. The van der Waals surface area contributed by atoms with E-state index < -0.39 is 15.8 Å². The van der Waals surface area contributed by atoms with Crippen LogP contribution in [-0.2, 0) is 16.4 Å². The van der Waals surface area contributed by atoms with Gasteiger partial charge in [-0.2, -0.15) is 9.37 Å². The Hall–Kier alpha value is -2.39. The Morgan fingerprint density at radius 3 is 2.52 bits per heavy atom. The number of sulfone groups is 1. The summed E-state index contributed by atoms with van der Waals surface area (Å²) in [6, 6.07) is 7.32. The molecule has 1 N–H and O–H groups in total. The molecule has 0 unspecified atom stereocenters. The number of aryl methyl sites for hydroxylation is 1. The van der Waals surface area contributed by atoms with Crippen LogP contribution in [-0.4, -0.2) is 29.6 Å². The number of rotatable bonds is 5. The Morgan fingerprint density at radius 2 is 1.92 bits per heavy atom. The zero-order chi connectivity index (χ0) is 18.0. The van der Waals surface area contributed by atoms with Crippen LogP contribution >= 0.6 is 11.3 Å². The standard InChI is InChI=1S/C16H15FN4O2S2/c1-10-8-18-15(24-10)9-19-16-20-13(7-14(17)21-16)11-3-5-12(6-4-11)25(2,22)23/h3-8H,9H2,1-2H3,(H,19,20,21). The van der Waals surface area contributed by atoms with E-state index >= 15 is 0 Å². The number of anilines is 1. The largest absolute Gasteiger partial charge is 0.348 e. The van der Waals surface area contributed by atoms with E-state index in [-0.39, 0.29) is 10.8 Å². The zero-order valence-corrected chi connectivity index (χ0v) is 15.2. The van der Waals surface area contributed by atoms with Gasteiger partial charge in [0.2, 0.25) is 11.9 Å². The molecule has 0 saturated carbocycles. The molecule has 25 heavy (non-hydrogen) atoms. The van der Waals surface area contributed by atoms with E-state index in [0.717, 1.165) is 16.1 Å². The summed E-state index contributed by atoms with van der Waals surface area (Å²) in [7, 11) is -3.28. The van der Waals surface area contributed by atoms with Crippen molar-refractivity contribution in [1.82, 2.24) is 15.0 Å². The fourth-order valence-electron chi connectivity index (χ4n) is 2.16. The normalized spacial score (nSPS) is 11.5. The molecule has 6 nitrogen and oxygen atoms in total. The first-order valence-corrected chi connectivity index (χ1v) is 10.0. The summed E-state index contributed by atoms with van der Waals surface area (Å²) in [6.45, 7) is 2.35. The molecule has 0 bridgehead atoms. The van der Waals surface area contributed by atoms with E-state index in [2.05, 4.69) is 20.3 Å². The van der Waals surface area contributed by atoms with Crippen molar-refractivity contribution in [3.8, 4) is 11.3 Å². The fraction of sp³-hybridized carbons (Fsp3) is 0.188. The van der Waals surface area contributed by atoms with Crippen molar-refractivity contribution in [3.63, 3.8) is 0 Å². The highest BCUT2D eigenvalue weighted by molar-refractivity contribution is 7.90. The number of nitrogens with one attached hydrogen (secondary N) is 1. The Bertz CT molecular complexity index is 1000. The molecular weight excluding hydrogens is 363 g/mol. The minimum Gasteiger partial charge on any atom is -0.348 e. The van der Waals surface area contributed by atoms with Crippen LogP contribution in [0.3, 0.4) is 0 Å². The van der Waals surface area contributed by atoms with Gasteiger partial charge in [0, 0.05) is 29.0 Å². The Labute approximate surface area is 148 Å². The van der Waals surface area contributed by atoms with Gasteiger partial charge in [0.15, 0.2) is 9.84 Å². The molecule has 0 amide bonds. The second-order valence-corrected chi connectivity index (χ2v) is 8.75. The molecule has 130 valence electrons. The molecule has 0 fully saturated rings. The molecule has 0 radical (unpaired) electrons. The van der Waals surface area contributed by atoms with Gasteiger partial charge in [0.1, 0.15) is 5.01 Å². The molecule has 3 aromatic rings. The summed E-state index contributed by atoms with van der Waals surface area (Å²) in [4.78, 5) is 13.5. The molecule has 0 aliphatic carbocycles. The zero-order valence-electron chi connectivity index (χ0n) is 13.5. The number of thiazole rings is 1. The van der Waals surface area contributed by atoms with E-state index in [9.17, 15) is 12.8 Å². The smallest absolute Gasteiger partial charge is 0.226 e. The predicted octanol–water partition coefficient (Wildman–Crippen LogP) is 3.06. The highest BCUT2D eigenvalue weighted by atomic mass is 32.2. The quantitative estimate of drug-likeness (QED) is 0.687. The number of hydrogen-bond donors (Lipinski definition) is 1. The molecular formula is C16H15FN4O2S2. The molecule has 9 heteroatoms. The molecule has 0 aliphatic rings. The van der Waals surface area contributed by atoms with E-state index in [1.165, 1.54) is 29.5 Å². The van der Waals surface area contributed by atoms with Crippen molar-refractivity contribution in [2.75, 3.05) is 11.6 Å². The van der Waals surface area contributed by atoms with Crippen LogP contribution in [0.15, 0.2) is 41.4 Å². The average Bonchev–Trinajstić information content (AvgIpc) is 2.97. The van der Waals surface area contributed by atoms with Gasteiger partial charge in [0.25, 0.3) is 0 Å². The minimum atomic E-state index is -3.28. The third kappa shape index (κ3) is 4.37. The lowest BCUT2D eigenvalue weighted by Crippen LogP contribution is -2.05. The number of halogens is 1. The Morgan fingerprint density at radius 1 is 1.20 bits per heavy atom. The number of aromatic nitrogens is 3. The van der Waals surface area contributed by atoms with Crippen LogP contribution < -0.4 is 5.32 Å². The van der Waals surface area contributed by atoms with Gasteiger partial charge in [0.05, 0.1) is 17.1 Å². The third-order valence-corrected chi connectivity index (χ3v) is 5.38. The van der Waals surface area contributed by atoms with Gasteiger partial charge in [-0.3, -0.25) is 0 Å². The second kappa shape index (κ2) is 6.85. The van der Waals surface area contributed by atoms with Crippen molar-refractivity contribution < 1.29 is 12.8 Å². The first-order valence-electron chi connectivity index (χ1n) is 7.31. The molecule has 3 rings (SSSR count). The summed E-state index contributed by atoms with van der Waals surface area (Å²) >= 11 is 1.54. The summed E-state index contributed by atoms with van der Waals surface area (Å²) in [5.74, 6) is -0.523. The Balaban J connectivity index is 1.83. The maximum Gasteiger partial charge on any atom is 0.226 e. The fourth-order valence-corrected chi connectivity index (χ4v) is 3.51. The number of hydrogen-bond acceptors (Lipinski definition) is 7. The number of benzene rings is 1. The summed E-state index contributed by atoms with van der Waals surface area (Å²) in [5, 5.41) is 3.80. The predicted molar refractivity (Wildman–Crippen MR) is 94.7 cm³/mol. The molecule has 1 aromatic carbocycles. The van der Waals surface area contributed by atoms with Crippen molar-refractivity contribution in [3.05, 3.63) is 52.4 Å². The van der Waals surface area contributed by atoms with Crippen molar-refractivity contribution in [2.45, 2.75) is 18.4 Å². The van der Waals surface area contributed by atoms with E-state index in [0.29, 0.717) is 17.8 Å². The lowest BCUT2D eigenvalue weighted by molar-refractivity contribution is 0.582. The van der Waals surface area contributed by atoms with Crippen LogP contribution in [0.25, 0.3) is 11.3 Å². The number of nitrogens with zero attached hydrogens (tertiary/aromatic N) is 3. The van der Waals surface area contributed by atoms with Crippen molar-refractivity contribution in [1.29, 1.82) is 0 Å². The topological polar surface area (TPSA) is 84.8 Å². The minimum absolute atomic E-state index is 0.148. The first kappa shape index (κ1) is 17.4. The van der Waals surface area contributed by atoms with Crippen molar-refractivity contribution >= 4 is 27.1 Å². The van der Waals surface area contributed by atoms with E-state index in [1.807, 2.05) is 6.92 Å². The van der Waals surface area contributed by atoms with Gasteiger partial charge in [-0.1, -0.05) is 12.1 Å². The first-order chi connectivity index (χ1) is 11.8. The summed E-state index contributed by atoms with van der Waals surface area (Å²) in [6.07, 6.45) is 2.90. The SMILES string of the molecule is Cc1cnc(CNc2nc(F)cc(-c3ccc(S(C)(=O)=O)cc3)n2)s1. The van der Waals surface area contributed by atoms with Gasteiger partial charge >= 0.3 is 0 Å². The van der Waals surface area contributed by atoms with Gasteiger partial charge in [-0.05, 0) is 19.1 Å². The summed E-state index contributed by atoms with van der Waals surface area (Å²) in [5.41, 5.74) is 0.965. The molecule has 0 atom stereocenters. The van der Waals surface area contributed by atoms with E-state index in [1.54, 1.807) is 18.3 Å². The maximum absolute atomic E-state index is 13.8. The van der Waals surface area contributed by atoms with Crippen LogP contribution in [0, 0.1) is 12.9 Å². The van der Waals surface area contributed by atoms with Crippen LogP contribution in [0.5, 0.6) is 0 Å². The van der Waals surface area contributed by atoms with Crippen molar-refractivity contribution in [2.24, 2.45) is 0 Å². The third-order valence-electron chi connectivity index (χ3n) is 3.34. The Kier molecular flexibility index (Phi) is 4.78. The van der Waals surface area contributed by atoms with Gasteiger partial charge in [-0.25, -0.2) is 18.4 Å². The molecule has 0 saturated heterocycles. The van der Waals surface area contributed by atoms with Crippen LogP contribution in [0.4, 0.5) is 10.3 Å². The van der Waals surface area contributed by atoms with Crippen LogP contribution in [0.2, 0.25) is 0 Å². The second-order valence-electron chi connectivity index (χ2n) is 5.41. The highest BCUT2D eigenvalue weighted by Crippen LogP contribution is 2.21. The molecule has 0 spiro atoms. The van der Waals surface area contributed by atoms with E-state index in [4.69, 9.17) is 0 Å². The summed E-state index contributed by atoms with van der Waals surface area (Å²) < 4.78 is 36.8. The molecule has 2 heterocycles. The van der Waals surface area contributed by atoms with Gasteiger partial charge < -0.3 is 5.32 Å². The average molecular weight is 378 g/mol. The molecule has 2 aromatic heterocycles.